The van der Waals surface area contributed by atoms with Crippen LogP contribution in [0.15, 0.2) is 420 Å². The number of hydrogen-bond acceptors (Lipinski definition) is 12. The van der Waals surface area contributed by atoms with Gasteiger partial charge in [0.25, 0.3) is 0 Å². The maximum absolute atomic E-state index is 14.2. The van der Waals surface area contributed by atoms with E-state index in [1.807, 2.05) is 290 Å². The number of ketones is 3. The summed E-state index contributed by atoms with van der Waals surface area (Å²) in [5.41, 5.74) is 16.8. The van der Waals surface area contributed by atoms with Crippen LogP contribution >= 0.6 is 47.8 Å². The number of Topliss-reactive ketones (excluding diaryl/α,β-unsaturated/α-hetero) is 2. The van der Waals surface area contributed by atoms with Crippen LogP contribution in [0, 0.1) is 67.3 Å². The van der Waals surface area contributed by atoms with Crippen molar-refractivity contribution in [2.24, 2.45) is 0 Å². The maximum atomic E-state index is 14.2. The molecule has 0 fully saturated rings. The van der Waals surface area contributed by atoms with Gasteiger partial charge in [-0.25, -0.2) is 32.8 Å². The van der Waals surface area contributed by atoms with Gasteiger partial charge in [-0.05, 0) is 143 Å². The molecule has 0 spiro atoms. The first-order chi connectivity index (χ1) is 59.9. The van der Waals surface area contributed by atoms with E-state index < -0.39 is 46.2 Å². The van der Waals surface area contributed by atoms with Crippen LogP contribution in [0.3, 0.4) is 0 Å². The molecule has 0 bridgehead atoms. The minimum Gasteiger partial charge on any atom is -1.00 e. The first-order valence-electron chi connectivity index (χ1n) is 37.9. The number of halogens is 8. The zero-order chi connectivity index (χ0) is 88.6. The summed E-state index contributed by atoms with van der Waals surface area (Å²) in [6.07, 6.45) is 8.02. The van der Waals surface area contributed by atoms with Gasteiger partial charge in [0.1, 0.15) is 29.6 Å². The summed E-state index contributed by atoms with van der Waals surface area (Å²) in [6, 6.07) is 120. The van der Waals surface area contributed by atoms with Crippen molar-refractivity contribution in [1.29, 1.82) is 0 Å². The monoisotopic (exact) mass is 2270 g/mol. The van der Waals surface area contributed by atoms with Crippen molar-refractivity contribution in [1.82, 2.24) is 9.97 Å². The van der Waals surface area contributed by atoms with Crippen molar-refractivity contribution in [3.05, 3.63) is 471 Å². The van der Waals surface area contributed by atoms with Gasteiger partial charge in [-0.1, -0.05) is 382 Å². The van der Waals surface area contributed by atoms with E-state index >= 15 is 0 Å². The Morgan fingerprint density at radius 3 is 1.05 bits per heavy atom. The molecule has 1 radical (unpaired) electrons. The van der Waals surface area contributed by atoms with Crippen molar-refractivity contribution in [2.45, 2.75) is 58.0 Å². The van der Waals surface area contributed by atoms with Gasteiger partial charge in [-0.3, -0.25) is 23.7 Å². The van der Waals surface area contributed by atoms with Gasteiger partial charge in [-0.2, -0.15) is 13.0 Å². The molecule has 679 valence electrons. The van der Waals surface area contributed by atoms with Crippen LogP contribution in [0.1, 0.15) is 98.5 Å². The summed E-state index contributed by atoms with van der Waals surface area (Å²) in [5, 5.41) is 24.0. The molecule has 3 aromatic heterocycles. The first-order valence-corrected chi connectivity index (χ1v) is 41.6. The van der Waals surface area contributed by atoms with E-state index in [1.54, 1.807) is 25.1 Å². The molecule has 0 amide bonds. The smallest absolute Gasteiger partial charge is 0.491 e. The Labute approximate surface area is 844 Å². The van der Waals surface area contributed by atoms with Gasteiger partial charge < -0.3 is 27.0 Å². The first kappa shape index (κ1) is 119. The standard InChI is InChI=1S/C29H19F2N.C23H16BrN.C15H11BrO.C13H12NO.C8H8O.C7H5BrO.C6H5BF2O2.6CH4.Ac.BrH.H2O5S/c30-25-15-16-27(31)26(19-25)21-13-11-20(12-14-21)24-17-28(22-7-3-1-4-8-22)32-29(18-24)23-9-5-2-6-10-23;24-21-13-11-17(12-14-21)20-15-22(18-7-3-1-4-8-18)25-23(16-20)19-9-5-2-6-10-19;16-14-9-6-12(7-10-14)8-11-15(17)13-4-2-1-3-5-13;15-13(12-7-3-1-4-8-12)11-14-9-5-2-6-10-14;1-7(9)8-5-3-2-4-6-8;8-7-3-1-6(5-9)2-4-7;8-4-1-2-6(9)5(3-4)7(10)11;;;;;;;;;1-5-6(2,3)4/h1-19H;1-16H;1-11H;1-10H,11H2;2-6H,1H3;1-5H;1-3,10-11H;6*1H4;;1H;1H,(H,2,3,4)/q;;;+1;;;;;;;;;;;;/p-1/b;;11-8+;;;;;;;;;;;;;. The molecule has 25 heteroatoms. The quantitative estimate of drug-likeness (QED) is 0.00768. The predicted octanol–water partition coefficient (Wildman–Crippen LogP) is 25.0. The molecule has 0 unspecified atom stereocenters. The third kappa shape index (κ3) is 40.8. The largest absolute Gasteiger partial charge is 1.00 e. The predicted molar refractivity (Wildman–Crippen MR) is 533 cm³/mol. The molecule has 132 heavy (non-hydrogen) atoms. The third-order valence-electron chi connectivity index (χ3n) is 17.6. The van der Waals surface area contributed by atoms with Gasteiger partial charge in [-0.15, -0.1) is 0 Å². The number of carbonyl (C=O) groups excluding carboxylic acids is 4. The zero-order valence-electron chi connectivity index (χ0n) is 67.1. The molecule has 0 aliphatic heterocycles. The van der Waals surface area contributed by atoms with Crippen molar-refractivity contribution >= 4 is 100 Å². The number of aromatic nitrogens is 3. The van der Waals surface area contributed by atoms with Crippen LogP contribution in [0.4, 0.5) is 17.6 Å². The zero-order valence-corrected chi connectivity index (χ0v) is 79.0. The molecule has 14 nitrogen and oxygen atoms in total. The normalized spacial score (nSPS) is 9.70. The Kier molecular flexibility index (Phi) is 56.5. The van der Waals surface area contributed by atoms with Crippen molar-refractivity contribution in [3.63, 3.8) is 0 Å². The topological polar surface area (TPSA) is 222 Å². The molecule has 0 aliphatic rings. The van der Waals surface area contributed by atoms with Crippen LogP contribution in [0.2, 0.25) is 0 Å². The Balaban J connectivity index is 0.000000787. The Bertz CT molecular complexity index is 6110. The second kappa shape index (κ2) is 62.9. The molecular weight excluding hydrogens is 2170 g/mol. The Morgan fingerprint density at radius 2 is 0.705 bits per heavy atom. The number of allylic oxidation sites excluding steroid dienone is 1. The average molecular weight is 2270 g/mol. The molecule has 3 heterocycles. The number of benzene rings is 13. The minimum atomic E-state index is -4.61. The van der Waals surface area contributed by atoms with E-state index in [0.717, 1.165) is 123 Å². The van der Waals surface area contributed by atoms with Crippen LogP contribution in [-0.4, -0.2) is 69.0 Å². The van der Waals surface area contributed by atoms with E-state index in [9.17, 15) is 36.7 Å². The van der Waals surface area contributed by atoms with E-state index in [1.165, 1.54) is 17.2 Å². The Morgan fingerprint density at radius 1 is 0.394 bits per heavy atom. The molecule has 4 N–H and O–H groups in total. The van der Waals surface area contributed by atoms with E-state index in [4.69, 9.17) is 38.2 Å². The molecule has 13 aromatic carbocycles. The second-order valence-corrected chi connectivity index (χ2v) is 30.3. The number of aldehydes is 1. The van der Waals surface area contributed by atoms with E-state index in [0.29, 0.717) is 23.2 Å². The fourth-order valence-corrected chi connectivity index (χ4v) is 12.2. The van der Waals surface area contributed by atoms with E-state index in [2.05, 4.69) is 125 Å². The summed E-state index contributed by atoms with van der Waals surface area (Å²) in [7, 11) is -6.57. The molecule has 0 aliphatic carbocycles. The minimum absolute atomic E-state index is 0. The second-order valence-electron chi connectivity index (χ2n) is 26.5. The summed E-state index contributed by atoms with van der Waals surface area (Å²) < 4.78 is 85.6. The average Bonchev–Trinajstić information content (AvgIpc) is 0.800. The fourth-order valence-electron chi connectivity index (χ4n) is 11.4. The van der Waals surface area contributed by atoms with Gasteiger partial charge in [0.2, 0.25) is 12.3 Å². The van der Waals surface area contributed by atoms with Crippen LogP contribution in [-0.2, 0) is 21.3 Å². The molecular formula is C107H102AcBBr4F4N3O11S. The Hall–Kier alpha value is -11.4. The number of rotatable bonds is 17. The van der Waals surface area contributed by atoms with Crippen molar-refractivity contribution in [3.8, 4) is 78.4 Å². The molecule has 16 rings (SSSR count). The van der Waals surface area contributed by atoms with Crippen molar-refractivity contribution < 1.29 is 135 Å². The number of carbonyl (C=O) groups is 4. The SMILES string of the molecule is Brc1ccc(-c2cc(-c3ccccc3)nc(-c3ccccc3)c2)cc1.C.C.C.C.C.C.CC(=O)c1ccccc1.Fc1ccc(F)c(-c2ccc(-c3cc(-c4ccccc4)nc(-c4ccccc4)c3)cc2)c1.O=C(/C=C/c1ccc(Br)cc1)c1ccccc1.O=C(C[n+]1ccccc1)c1ccccc1.O=Cc1ccc(Br)cc1.O=S(=O)(O)OO.OB(O)c1cc(F)ccc1F.[Ac].[Br-]. The third-order valence-corrected chi connectivity index (χ3v) is 19.4. The molecule has 0 atom stereocenters. The maximum Gasteiger partial charge on any atom is 0.491 e. The van der Waals surface area contributed by atoms with Gasteiger partial charge in [0.15, 0.2) is 24.0 Å². The van der Waals surface area contributed by atoms with Gasteiger partial charge in [0, 0.05) is 125 Å². The molecule has 0 saturated carbocycles. The number of pyridine rings is 3. The van der Waals surface area contributed by atoms with Crippen molar-refractivity contribution in [2.75, 3.05) is 0 Å². The molecule has 0 saturated heterocycles. The van der Waals surface area contributed by atoms with Gasteiger partial charge >= 0.3 is 17.5 Å². The number of hydrogen-bond donors (Lipinski definition) is 4. The van der Waals surface area contributed by atoms with Crippen LogP contribution < -0.4 is 27.0 Å². The summed E-state index contributed by atoms with van der Waals surface area (Å²) in [5.74, 6) is -2.16. The van der Waals surface area contributed by atoms with Gasteiger partial charge in [0.05, 0.1) is 22.8 Å². The fraction of sp³-hybridized carbons (Fsp3) is 0.0748. The summed E-state index contributed by atoms with van der Waals surface area (Å²) in [4.78, 5) is 54.1. The molecule has 16 aromatic rings. The van der Waals surface area contributed by atoms with Crippen LogP contribution in [0.5, 0.6) is 0 Å². The summed E-state index contributed by atoms with van der Waals surface area (Å²) >= 11 is 10.1. The summed E-state index contributed by atoms with van der Waals surface area (Å²) in [6.45, 7) is 1.96. The number of nitrogens with zero attached hydrogens (tertiary/aromatic N) is 3. The van der Waals surface area contributed by atoms with Crippen LogP contribution in [0.25, 0.3) is 84.5 Å². The van der Waals surface area contributed by atoms with E-state index in [-0.39, 0.29) is 129 Å².